The SMILES string of the molecule is Oc1ccc(-c2ccc(F)c(C(F)(F)F)c2)cc1. The van der Waals surface area contributed by atoms with E-state index in [-0.39, 0.29) is 11.3 Å². The van der Waals surface area contributed by atoms with Crippen molar-refractivity contribution in [1.29, 1.82) is 0 Å². The van der Waals surface area contributed by atoms with Crippen molar-refractivity contribution in [2.24, 2.45) is 0 Å². The number of phenols is 1. The fourth-order valence-electron chi connectivity index (χ4n) is 1.58. The van der Waals surface area contributed by atoms with Gasteiger partial charge in [0.05, 0.1) is 5.56 Å². The summed E-state index contributed by atoms with van der Waals surface area (Å²) in [5.41, 5.74) is -0.588. The van der Waals surface area contributed by atoms with E-state index in [1.54, 1.807) is 0 Å². The molecular weight excluding hydrogens is 248 g/mol. The lowest BCUT2D eigenvalue weighted by Crippen LogP contribution is -2.08. The van der Waals surface area contributed by atoms with Crippen LogP contribution in [0, 0.1) is 5.82 Å². The highest BCUT2D eigenvalue weighted by atomic mass is 19.4. The predicted octanol–water partition coefficient (Wildman–Crippen LogP) is 4.22. The minimum absolute atomic E-state index is 0.0110. The first-order valence-corrected chi connectivity index (χ1v) is 5.04. The van der Waals surface area contributed by atoms with E-state index in [1.807, 2.05) is 0 Å². The zero-order chi connectivity index (χ0) is 13.3. The van der Waals surface area contributed by atoms with Crippen LogP contribution in [0.25, 0.3) is 11.1 Å². The molecule has 1 N–H and O–H groups in total. The molecule has 0 aromatic heterocycles. The van der Waals surface area contributed by atoms with Crippen LogP contribution in [0.3, 0.4) is 0 Å². The van der Waals surface area contributed by atoms with Crippen LogP contribution >= 0.6 is 0 Å². The van der Waals surface area contributed by atoms with Gasteiger partial charge in [0.1, 0.15) is 11.6 Å². The van der Waals surface area contributed by atoms with Crippen LogP contribution in [0.5, 0.6) is 5.75 Å². The molecule has 2 aromatic carbocycles. The number of alkyl halides is 3. The lowest BCUT2D eigenvalue weighted by Gasteiger charge is -2.10. The number of halogens is 4. The molecule has 0 bridgehead atoms. The Hall–Kier alpha value is -2.04. The highest BCUT2D eigenvalue weighted by Gasteiger charge is 2.34. The van der Waals surface area contributed by atoms with Crippen molar-refractivity contribution in [3.63, 3.8) is 0 Å². The Morgan fingerprint density at radius 2 is 1.39 bits per heavy atom. The maximum atomic E-state index is 13.1. The van der Waals surface area contributed by atoms with E-state index in [9.17, 15) is 17.6 Å². The van der Waals surface area contributed by atoms with Gasteiger partial charge in [-0.15, -0.1) is 0 Å². The first-order chi connectivity index (χ1) is 8.38. The van der Waals surface area contributed by atoms with Crippen molar-refractivity contribution in [1.82, 2.24) is 0 Å². The van der Waals surface area contributed by atoms with E-state index >= 15 is 0 Å². The molecule has 0 aliphatic heterocycles. The molecule has 0 aliphatic rings. The van der Waals surface area contributed by atoms with Crippen LogP contribution in [0.15, 0.2) is 42.5 Å². The molecule has 0 saturated carbocycles. The summed E-state index contributed by atoms with van der Waals surface area (Å²) in [4.78, 5) is 0. The minimum Gasteiger partial charge on any atom is -0.508 e. The number of hydrogen-bond acceptors (Lipinski definition) is 1. The third-order valence-corrected chi connectivity index (χ3v) is 2.47. The van der Waals surface area contributed by atoms with Gasteiger partial charge < -0.3 is 5.11 Å². The number of rotatable bonds is 1. The zero-order valence-corrected chi connectivity index (χ0v) is 9.00. The highest BCUT2D eigenvalue weighted by Crippen LogP contribution is 2.34. The third kappa shape index (κ3) is 2.45. The quantitative estimate of drug-likeness (QED) is 0.757. The van der Waals surface area contributed by atoms with Crippen molar-refractivity contribution in [2.75, 3.05) is 0 Å². The molecule has 2 rings (SSSR count). The Morgan fingerprint density at radius 3 is 1.94 bits per heavy atom. The van der Waals surface area contributed by atoms with Gasteiger partial charge in [0, 0.05) is 0 Å². The van der Waals surface area contributed by atoms with Gasteiger partial charge in [-0.3, -0.25) is 0 Å². The molecule has 0 spiro atoms. The lowest BCUT2D eigenvalue weighted by molar-refractivity contribution is -0.139. The molecule has 0 atom stereocenters. The van der Waals surface area contributed by atoms with Gasteiger partial charge in [0.15, 0.2) is 0 Å². The van der Waals surface area contributed by atoms with Gasteiger partial charge in [0.2, 0.25) is 0 Å². The van der Waals surface area contributed by atoms with Gasteiger partial charge in [-0.05, 0) is 35.4 Å². The summed E-state index contributed by atoms with van der Waals surface area (Å²) >= 11 is 0. The van der Waals surface area contributed by atoms with E-state index in [0.717, 1.165) is 12.1 Å². The van der Waals surface area contributed by atoms with Crippen LogP contribution in [-0.2, 0) is 6.18 Å². The second kappa shape index (κ2) is 4.33. The summed E-state index contributed by atoms with van der Waals surface area (Å²) in [5, 5.41) is 9.09. The van der Waals surface area contributed by atoms with Gasteiger partial charge in [-0.25, -0.2) is 4.39 Å². The predicted molar refractivity (Wildman–Crippen MR) is 58.5 cm³/mol. The van der Waals surface area contributed by atoms with E-state index in [4.69, 9.17) is 5.11 Å². The monoisotopic (exact) mass is 256 g/mol. The summed E-state index contributed by atoms with van der Waals surface area (Å²) in [7, 11) is 0. The normalized spacial score (nSPS) is 11.6. The molecule has 0 fully saturated rings. The molecule has 0 aliphatic carbocycles. The Balaban J connectivity index is 2.50. The first-order valence-electron chi connectivity index (χ1n) is 5.04. The average Bonchev–Trinajstić information content (AvgIpc) is 2.29. The first kappa shape index (κ1) is 12.4. The largest absolute Gasteiger partial charge is 0.508 e. The maximum Gasteiger partial charge on any atom is 0.419 e. The zero-order valence-electron chi connectivity index (χ0n) is 9.00. The Kier molecular flexibility index (Phi) is 2.98. The number of aromatic hydroxyl groups is 1. The average molecular weight is 256 g/mol. The molecule has 0 radical (unpaired) electrons. The molecule has 0 unspecified atom stereocenters. The summed E-state index contributed by atoms with van der Waals surface area (Å²) in [6.45, 7) is 0. The van der Waals surface area contributed by atoms with Crippen molar-refractivity contribution in [3.05, 3.63) is 53.8 Å². The molecule has 18 heavy (non-hydrogen) atoms. The topological polar surface area (TPSA) is 20.2 Å². The number of benzene rings is 2. The fraction of sp³-hybridized carbons (Fsp3) is 0.0769. The van der Waals surface area contributed by atoms with Crippen molar-refractivity contribution in [2.45, 2.75) is 6.18 Å². The van der Waals surface area contributed by atoms with E-state index < -0.39 is 17.6 Å². The number of hydrogen-bond donors (Lipinski definition) is 1. The second-order valence-electron chi connectivity index (χ2n) is 3.74. The van der Waals surface area contributed by atoms with E-state index in [0.29, 0.717) is 5.56 Å². The molecule has 94 valence electrons. The van der Waals surface area contributed by atoms with Crippen LogP contribution in [-0.4, -0.2) is 5.11 Å². The Labute approximate surface area is 100 Å². The van der Waals surface area contributed by atoms with Crippen LogP contribution < -0.4 is 0 Å². The van der Waals surface area contributed by atoms with E-state index in [2.05, 4.69) is 0 Å². The van der Waals surface area contributed by atoms with Gasteiger partial charge in [0.25, 0.3) is 0 Å². The van der Waals surface area contributed by atoms with Gasteiger partial charge in [-0.1, -0.05) is 18.2 Å². The third-order valence-electron chi connectivity index (χ3n) is 2.47. The number of phenolic OH excluding ortho intramolecular Hbond substituents is 1. The lowest BCUT2D eigenvalue weighted by atomic mass is 10.0. The molecule has 2 aromatic rings. The molecular formula is C13H8F4O. The minimum atomic E-state index is -4.73. The summed E-state index contributed by atoms with van der Waals surface area (Å²) in [6.07, 6.45) is -4.73. The van der Waals surface area contributed by atoms with Gasteiger partial charge in [-0.2, -0.15) is 13.2 Å². The molecule has 0 heterocycles. The van der Waals surface area contributed by atoms with Gasteiger partial charge >= 0.3 is 6.18 Å². The van der Waals surface area contributed by atoms with Crippen LogP contribution in [0.1, 0.15) is 5.56 Å². The van der Waals surface area contributed by atoms with Crippen molar-refractivity contribution in [3.8, 4) is 16.9 Å². The smallest absolute Gasteiger partial charge is 0.419 e. The van der Waals surface area contributed by atoms with Crippen molar-refractivity contribution < 1.29 is 22.7 Å². The van der Waals surface area contributed by atoms with E-state index in [1.165, 1.54) is 30.3 Å². The van der Waals surface area contributed by atoms with Crippen LogP contribution in [0.2, 0.25) is 0 Å². The Bertz CT molecular complexity index is 558. The van der Waals surface area contributed by atoms with Crippen LogP contribution in [0.4, 0.5) is 17.6 Å². The molecule has 5 heteroatoms. The summed E-state index contributed by atoms with van der Waals surface area (Å²) in [6, 6.07) is 8.42. The summed E-state index contributed by atoms with van der Waals surface area (Å²) < 4.78 is 50.7. The molecule has 1 nitrogen and oxygen atoms in total. The standard InChI is InChI=1S/C13H8F4O/c14-12-6-3-9(7-11(12)13(15,16)17)8-1-4-10(18)5-2-8/h1-7,18H. The maximum absolute atomic E-state index is 13.1. The molecule has 0 saturated heterocycles. The second-order valence-corrected chi connectivity index (χ2v) is 3.74. The molecule has 0 amide bonds. The Morgan fingerprint density at radius 1 is 0.833 bits per heavy atom. The highest BCUT2D eigenvalue weighted by molar-refractivity contribution is 5.65. The summed E-state index contributed by atoms with van der Waals surface area (Å²) in [5.74, 6) is -1.29. The van der Waals surface area contributed by atoms with Crippen molar-refractivity contribution >= 4 is 0 Å². The fourth-order valence-corrected chi connectivity index (χ4v) is 1.58.